The number of amides is 3. The zero-order valence-electron chi connectivity index (χ0n) is 32.5. The fourth-order valence-corrected chi connectivity index (χ4v) is 8.93. The van der Waals surface area contributed by atoms with E-state index in [1.165, 1.54) is 11.7 Å². The highest BCUT2D eigenvalue weighted by atomic mass is 19.4. The number of hydrogen-bond donors (Lipinski definition) is 2. The number of nitrogens with one attached hydrogen (secondary N) is 2. The summed E-state index contributed by atoms with van der Waals surface area (Å²) in [6.45, 7) is 2.66. The molecule has 2 saturated heterocycles. The van der Waals surface area contributed by atoms with Gasteiger partial charge in [0, 0.05) is 63.0 Å². The van der Waals surface area contributed by atoms with Crippen LogP contribution in [0.25, 0.3) is 21.9 Å². The Hall–Kier alpha value is -5.78. The summed E-state index contributed by atoms with van der Waals surface area (Å²) < 4.78 is 50.0. The Balaban J connectivity index is 0.866. The van der Waals surface area contributed by atoms with Gasteiger partial charge in [-0.2, -0.15) is 18.3 Å². The summed E-state index contributed by atoms with van der Waals surface area (Å²) >= 11 is 0. The van der Waals surface area contributed by atoms with Crippen molar-refractivity contribution in [2.24, 2.45) is 13.0 Å². The van der Waals surface area contributed by atoms with Crippen molar-refractivity contribution in [2.45, 2.75) is 75.7 Å². The van der Waals surface area contributed by atoms with Crippen LogP contribution in [-0.2, 0) is 22.8 Å². The number of aryl methyl sites for hydroxylation is 1. The zero-order valence-corrected chi connectivity index (χ0v) is 32.5. The second-order valence-electron chi connectivity index (χ2n) is 15.6. The number of hydrogen-bond acceptors (Lipinski definition) is 10. The lowest BCUT2D eigenvalue weighted by atomic mass is 9.85. The number of aromatic nitrogens is 6. The number of anilines is 2. The summed E-state index contributed by atoms with van der Waals surface area (Å²) in [5.74, 6) is -2.11. The lowest BCUT2D eigenvalue weighted by molar-refractivity contribution is -0.145. The van der Waals surface area contributed by atoms with Crippen molar-refractivity contribution in [3.8, 4) is 5.75 Å². The molecule has 3 fully saturated rings. The molecule has 1 unspecified atom stereocenters. The van der Waals surface area contributed by atoms with Crippen LogP contribution in [0, 0.1) is 5.92 Å². The molecule has 8 rings (SSSR count). The SMILES string of the molecule is COc1cc2nn(C3CCC(CN(C)C4CCN(c5cccc6c5n(C)c(=O)n6C5CCC(=O)NC5=O)CC4)CC3)cc2cc1NC(=O)c1ccnc(C(F)(F)F)n1. The standard InChI is InChI=1S/C40H45F3N10O5/c1-49(25-14-17-51(18-15-25)30-5-4-6-31-35(30)50(2)39(57)53(31)32-11-12-34(54)47-37(32)56)21-23-7-9-26(10-8-23)52-22-24-19-29(33(58-3)20-28(24)48-52)45-36(55)27-13-16-44-38(46-27)40(41,42)43/h4-6,13,16,19-20,22-23,25-26,32H,7-12,14-15,17-18,21H2,1-3H3,(H,45,55)(H,47,54,56). The summed E-state index contributed by atoms with van der Waals surface area (Å²) in [5.41, 5.74) is 2.73. The van der Waals surface area contributed by atoms with Gasteiger partial charge in [0.05, 0.1) is 41.1 Å². The number of ether oxygens (including phenoxy) is 1. The van der Waals surface area contributed by atoms with Gasteiger partial charge < -0.3 is 19.9 Å². The van der Waals surface area contributed by atoms with Crippen LogP contribution in [0.4, 0.5) is 24.5 Å². The number of imidazole rings is 1. The van der Waals surface area contributed by atoms with Crippen LogP contribution in [0.2, 0.25) is 0 Å². The maximum absolute atomic E-state index is 13.4. The minimum atomic E-state index is -4.78. The normalized spacial score (nSPS) is 20.9. The maximum Gasteiger partial charge on any atom is 0.451 e. The molecule has 2 N–H and O–H groups in total. The number of alkyl halides is 3. The number of imide groups is 1. The molecule has 0 bridgehead atoms. The third-order valence-electron chi connectivity index (χ3n) is 12.0. The largest absolute Gasteiger partial charge is 0.494 e. The van der Waals surface area contributed by atoms with Crippen molar-refractivity contribution in [3.63, 3.8) is 0 Å². The van der Waals surface area contributed by atoms with Crippen LogP contribution in [0.1, 0.15) is 79.8 Å². The van der Waals surface area contributed by atoms with Gasteiger partial charge in [0.2, 0.25) is 17.6 Å². The highest BCUT2D eigenvalue weighted by molar-refractivity contribution is 6.05. The van der Waals surface area contributed by atoms with E-state index in [1.54, 1.807) is 23.7 Å². The van der Waals surface area contributed by atoms with Crippen LogP contribution < -0.4 is 26.0 Å². The van der Waals surface area contributed by atoms with Crippen molar-refractivity contribution in [1.82, 2.24) is 39.1 Å². The van der Waals surface area contributed by atoms with E-state index >= 15 is 0 Å². The molecule has 0 spiro atoms. The van der Waals surface area contributed by atoms with Crippen molar-refractivity contribution < 1.29 is 32.3 Å². The first-order valence-electron chi connectivity index (χ1n) is 19.6. The van der Waals surface area contributed by atoms with Crippen LogP contribution >= 0.6 is 0 Å². The van der Waals surface area contributed by atoms with Gasteiger partial charge in [0.25, 0.3) is 5.91 Å². The highest BCUT2D eigenvalue weighted by Gasteiger charge is 2.36. The maximum atomic E-state index is 13.4. The second kappa shape index (κ2) is 15.5. The average Bonchev–Trinajstić information content (AvgIpc) is 3.74. The molecule has 3 amide bonds. The minimum Gasteiger partial charge on any atom is -0.494 e. The molecule has 2 aromatic carbocycles. The molecule has 2 aliphatic heterocycles. The molecule has 1 saturated carbocycles. The van der Waals surface area contributed by atoms with E-state index in [1.807, 2.05) is 29.1 Å². The number of fused-ring (bicyclic) bond motifs is 2. The lowest BCUT2D eigenvalue weighted by Gasteiger charge is -2.40. The summed E-state index contributed by atoms with van der Waals surface area (Å²) in [4.78, 5) is 62.2. The number of carbonyl (C=O) groups is 3. The Morgan fingerprint density at radius 1 is 1.03 bits per heavy atom. The molecule has 3 aliphatic rings. The van der Waals surface area contributed by atoms with Gasteiger partial charge in [-0.3, -0.25) is 33.5 Å². The van der Waals surface area contributed by atoms with Crippen molar-refractivity contribution >= 4 is 51.0 Å². The van der Waals surface area contributed by atoms with E-state index < -0.39 is 35.6 Å². The molecule has 18 heteroatoms. The van der Waals surface area contributed by atoms with Crippen LogP contribution in [-0.4, -0.2) is 91.3 Å². The average molecular weight is 803 g/mol. The molecule has 0 radical (unpaired) electrons. The van der Waals surface area contributed by atoms with E-state index in [-0.39, 0.29) is 29.7 Å². The summed E-state index contributed by atoms with van der Waals surface area (Å²) in [7, 11) is 5.39. The number of carbonyl (C=O) groups excluding carboxylic acids is 3. The first kappa shape index (κ1) is 39.1. The van der Waals surface area contributed by atoms with Gasteiger partial charge in [-0.1, -0.05) is 6.07 Å². The molecular formula is C40H45F3N10O5. The monoisotopic (exact) mass is 802 g/mol. The molecule has 306 valence electrons. The first-order chi connectivity index (χ1) is 27.8. The Morgan fingerprint density at radius 2 is 1.79 bits per heavy atom. The fourth-order valence-electron chi connectivity index (χ4n) is 8.93. The number of para-hydroxylation sites is 1. The number of methoxy groups -OCH3 is 1. The van der Waals surface area contributed by atoms with Crippen LogP contribution in [0.15, 0.2) is 53.6 Å². The molecule has 1 atom stereocenters. The van der Waals surface area contributed by atoms with Crippen LogP contribution in [0.3, 0.4) is 0 Å². The molecule has 58 heavy (non-hydrogen) atoms. The number of nitrogens with zero attached hydrogens (tertiary/aromatic N) is 8. The van der Waals surface area contributed by atoms with E-state index in [0.29, 0.717) is 35.2 Å². The Morgan fingerprint density at radius 3 is 2.50 bits per heavy atom. The molecule has 3 aromatic heterocycles. The van der Waals surface area contributed by atoms with Gasteiger partial charge in [-0.15, -0.1) is 0 Å². The Bertz CT molecular complexity index is 2440. The number of halogens is 3. The van der Waals surface area contributed by atoms with E-state index in [4.69, 9.17) is 9.84 Å². The topological polar surface area (TPSA) is 162 Å². The third-order valence-corrected chi connectivity index (χ3v) is 12.0. The number of piperidine rings is 2. The van der Waals surface area contributed by atoms with Gasteiger partial charge in [-0.05, 0) is 82.2 Å². The summed E-state index contributed by atoms with van der Waals surface area (Å²) in [6, 6.07) is 10.3. The Labute approximate surface area is 331 Å². The fraction of sp³-hybridized carbons (Fsp3) is 0.475. The van der Waals surface area contributed by atoms with E-state index in [2.05, 4.69) is 37.4 Å². The molecule has 15 nitrogen and oxygen atoms in total. The van der Waals surface area contributed by atoms with E-state index in [9.17, 15) is 32.3 Å². The zero-order chi connectivity index (χ0) is 40.9. The Kier molecular flexibility index (Phi) is 10.5. The van der Waals surface area contributed by atoms with Crippen molar-refractivity contribution in [3.05, 3.63) is 70.8 Å². The van der Waals surface area contributed by atoms with Crippen LogP contribution in [0.5, 0.6) is 5.75 Å². The first-order valence-corrected chi connectivity index (χ1v) is 19.6. The van der Waals surface area contributed by atoms with Gasteiger partial charge >= 0.3 is 11.9 Å². The van der Waals surface area contributed by atoms with Gasteiger partial charge in [-0.25, -0.2) is 14.8 Å². The predicted molar refractivity (Wildman–Crippen MR) is 209 cm³/mol. The molecular weight excluding hydrogens is 757 g/mol. The number of rotatable bonds is 9. The van der Waals surface area contributed by atoms with E-state index in [0.717, 1.165) is 87.0 Å². The van der Waals surface area contributed by atoms with Crippen molar-refractivity contribution in [2.75, 3.05) is 44.0 Å². The van der Waals surface area contributed by atoms with Crippen molar-refractivity contribution in [1.29, 1.82) is 0 Å². The smallest absolute Gasteiger partial charge is 0.451 e. The highest BCUT2D eigenvalue weighted by Crippen LogP contribution is 2.37. The summed E-state index contributed by atoms with van der Waals surface area (Å²) in [5, 5.41) is 10.6. The second-order valence-corrected chi connectivity index (χ2v) is 15.6. The third kappa shape index (κ3) is 7.52. The number of benzene rings is 2. The molecule has 5 aromatic rings. The minimum absolute atomic E-state index is 0.196. The predicted octanol–water partition coefficient (Wildman–Crippen LogP) is 5.07. The lowest BCUT2D eigenvalue weighted by Crippen LogP contribution is -2.45. The molecule has 1 aliphatic carbocycles. The summed E-state index contributed by atoms with van der Waals surface area (Å²) in [6.07, 6.45) is 4.51. The molecule has 5 heterocycles. The van der Waals surface area contributed by atoms with Gasteiger partial charge in [0.1, 0.15) is 17.5 Å². The van der Waals surface area contributed by atoms with Gasteiger partial charge in [0.15, 0.2) is 0 Å². The quantitative estimate of drug-likeness (QED) is 0.193.